The molecule has 1 unspecified atom stereocenters. The third-order valence-electron chi connectivity index (χ3n) is 4.47. The summed E-state index contributed by atoms with van der Waals surface area (Å²) < 4.78 is 21.9. The number of nitrogens with zero attached hydrogens (tertiary/aromatic N) is 2. The molecule has 1 aromatic heterocycles. The number of aromatic nitrogens is 2. The van der Waals surface area contributed by atoms with Crippen LogP contribution in [0.1, 0.15) is 35.9 Å². The molecular weight excluding hydrogens is 351 g/mol. The molecule has 0 amide bonds. The van der Waals surface area contributed by atoms with E-state index in [0.29, 0.717) is 23.1 Å². The van der Waals surface area contributed by atoms with Crippen molar-refractivity contribution >= 4 is 17.0 Å². The topological polar surface area (TPSA) is 73.5 Å². The number of aryl methyl sites for hydroxylation is 1. The molecule has 27 heavy (non-hydrogen) atoms. The average Bonchev–Trinajstić information content (AvgIpc) is 2.92. The van der Waals surface area contributed by atoms with Gasteiger partial charge in [0.2, 0.25) is 0 Å². The second-order valence-electron chi connectivity index (χ2n) is 6.10. The van der Waals surface area contributed by atoms with Crippen molar-refractivity contribution in [3.05, 3.63) is 69.9 Å². The van der Waals surface area contributed by atoms with Crippen molar-refractivity contribution < 1.29 is 19.0 Å². The summed E-state index contributed by atoms with van der Waals surface area (Å²) in [4.78, 5) is 24.8. The molecule has 0 aliphatic heterocycles. The van der Waals surface area contributed by atoms with Crippen LogP contribution in [0.2, 0.25) is 0 Å². The number of benzene rings is 2. The van der Waals surface area contributed by atoms with Gasteiger partial charge in [-0.15, -0.1) is 0 Å². The van der Waals surface area contributed by atoms with E-state index in [4.69, 9.17) is 4.74 Å². The van der Waals surface area contributed by atoms with Gasteiger partial charge >= 0.3 is 11.7 Å². The first-order valence-corrected chi connectivity index (χ1v) is 8.80. The van der Waals surface area contributed by atoms with Crippen molar-refractivity contribution in [3.63, 3.8) is 0 Å². The lowest BCUT2D eigenvalue weighted by Gasteiger charge is -2.13. The summed E-state index contributed by atoms with van der Waals surface area (Å²) in [5.74, 6) is -1.03. The Labute approximate surface area is 155 Å². The van der Waals surface area contributed by atoms with Crippen LogP contribution in [0.25, 0.3) is 11.0 Å². The molecule has 0 aliphatic carbocycles. The van der Waals surface area contributed by atoms with E-state index >= 15 is 0 Å². The van der Waals surface area contributed by atoms with Gasteiger partial charge < -0.3 is 9.84 Å². The maximum atomic E-state index is 14.0. The highest BCUT2D eigenvalue weighted by atomic mass is 19.1. The molecule has 142 valence electrons. The lowest BCUT2D eigenvalue weighted by Crippen LogP contribution is -2.26. The molecule has 1 heterocycles. The Morgan fingerprint density at radius 2 is 1.89 bits per heavy atom. The van der Waals surface area contributed by atoms with Gasteiger partial charge in [0.05, 0.1) is 35.9 Å². The Balaban J connectivity index is 2.09. The van der Waals surface area contributed by atoms with Gasteiger partial charge in [-0.2, -0.15) is 0 Å². The summed E-state index contributed by atoms with van der Waals surface area (Å²) >= 11 is 0. The molecule has 1 N–H and O–H groups in total. The molecule has 0 bridgehead atoms. The van der Waals surface area contributed by atoms with Crippen molar-refractivity contribution in [3.8, 4) is 0 Å². The molecule has 0 aliphatic rings. The molecular formula is C20H21FN2O4. The van der Waals surface area contributed by atoms with Crippen molar-refractivity contribution in [2.45, 2.75) is 33.0 Å². The Bertz CT molecular complexity index is 1040. The molecule has 0 fully saturated rings. The van der Waals surface area contributed by atoms with Crippen LogP contribution < -0.4 is 5.69 Å². The van der Waals surface area contributed by atoms with Gasteiger partial charge in [0.1, 0.15) is 5.82 Å². The van der Waals surface area contributed by atoms with Crippen LogP contribution in [0.15, 0.2) is 47.3 Å². The number of fused-ring (bicyclic) bond motifs is 1. The molecule has 7 heteroatoms. The number of rotatable bonds is 6. The minimum Gasteiger partial charge on any atom is -0.462 e. The minimum absolute atomic E-state index is 0.114. The molecule has 0 saturated heterocycles. The highest BCUT2D eigenvalue weighted by molar-refractivity contribution is 5.93. The normalized spacial score (nSPS) is 12.3. The summed E-state index contributed by atoms with van der Waals surface area (Å²) in [6, 6.07) is 10.7. The average molecular weight is 372 g/mol. The number of aliphatic hydroxyl groups excluding tert-OH is 1. The first kappa shape index (κ1) is 18.8. The zero-order valence-corrected chi connectivity index (χ0v) is 15.2. The van der Waals surface area contributed by atoms with Crippen LogP contribution in [-0.4, -0.2) is 26.8 Å². The van der Waals surface area contributed by atoms with E-state index in [-0.39, 0.29) is 24.4 Å². The molecule has 1 atom stereocenters. The first-order valence-electron chi connectivity index (χ1n) is 8.80. The van der Waals surface area contributed by atoms with Gasteiger partial charge in [-0.25, -0.2) is 14.0 Å². The van der Waals surface area contributed by atoms with E-state index < -0.39 is 17.9 Å². The van der Waals surface area contributed by atoms with E-state index in [1.165, 1.54) is 22.8 Å². The van der Waals surface area contributed by atoms with Gasteiger partial charge in [0.25, 0.3) is 0 Å². The van der Waals surface area contributed by atoms with Gasteiger partial charge in [-0.1, -0.05) is 18.2 Å². The standard InChI is InChI=1S/C20H21FN2O4/c1-3-22-16-10-9-13(19(25)27-4-2)11-17(16)23(20(22)26)12-18(24)14-7-5-6-8-15(14)21/h5-11,18,24H,3-4,12H2,1-2H3. The number of esters is 1. The third kappa shape index (κ3) is 3.50. The number of halogens is 1. The summed E-state index contributed by atoms with van der Waals surface area (Å²) in [5.41, 5.74) is 1.22. The van der Waals surface area contributed by atoms with Crippen LogP contribution in [0, 0.1) is 5.82 Å². The lowest BCUT2D eigenvalue weighted by atomic mass is 10.1. The number of carbonyl (C=O) groups excluding carboxylic acids is 1. The van der Waals surface area contributed by atoms with Crippen LogP contribution >= 0.6 is 0 Å². The number of hydrogen-bond acceptors (Lipinski definition) is 4. The summed E-state index contributed by atoms with van der Waals surface area (Å²) in [5, 5.41) is 10.5. The van der Waals surface area contributed by atoms with Gasteiger partial charge in [-0.3, -0.25) is 9.13 Å². The van der Waals surface area contributed by atoms with Crippen molar-refractivity contribution in [1.29, 1.82) is 0 Å². The zero-order valence-electron chi connectivity index (χ0n) is 15.2. The fourth-order valence-corrected chi connectivity index (χ4v) is 3.16. The van der Waals surface area contributed by atoms with Gasteiger partial charge in [0, 0.05) is 12.1 Å². The Hall–Kier alpha value is -2.93. The second kappa shape index (κ2) is 7.75. The van der Waals surface area contributed by atoms with E-state index in [2.05, 4.69) is 0 Å². The van der Waals surface area contributed by atoms with E-state index in [9.17, 15) is 19.1 Å². The maximum absolute atomic E-state index is 14.0. The predicted molar refractivity (Wildman–Crippen MR) is 99.2 cm³/mol. The highest BCUT2D eigenvalue weighted by Crippen LogP contribution is 2.22. The van der Waals surface area contributed by atoms with E-state index in [0.717, 1.165) is 0 Å². The number of hydrogen-bond donors (Lipinski definition) is 1. The summed E-state index contributed by atoms with van der Waals surface area (Å²) in [7, 11) is 0. The Morgan fingerprint density at radius 3 is 2.56 bits per heavy atom. The second-order valence-corrected chi connectivity index (χ2v) is 6.10. The predicted octanol–water partition coefficient (Wildman–Crippen LogP) is 2.87. The molecule has 0 spiro atoms. The van der Waals surface area contributed by atoms with Crippen molar-refractivity contribution in [2.75, 3.05) is 6.61 Å². The van der Waals surface area contributed by atoms with E-state index in [1.807, 2.05) is 6.92 Å². The minimum atomic E-state index is -1.20. The summed E-state index contributed by atoms with van der Waals surface area (Å²) in [6.07, 6.45) is -1.20. The smallest absolute Gasteiger partial charge is 0.338 e. The molecule has 6 nitrogen and oxygen atoms in total. The number of imidazole rings is 1. The Morgan fingerprint density at radius 1 is 1.15 bits per heavy atom. The number of carbonyl (C=O) groups is 1. The summed E-state index contributed by atoms with van der Waals surface area (Å²) in [6.45, 7) is 4.08. The fraction of sp³-hybridized carbons (Fsp3) is 0.300. The first-order chi connectivity index (χ1) is 13.0. The molecule has 0 saturated carbocycles. The SMILES string of the molecule is CCOC(=O)c1ccc2c(c1)n(CC(O)c1ccccc1F)c(=O)n2CC. The van der Waals surface area contributed by atoms with Gasteiger partial charge in [-0.05, 0) is 38.1 Å². The van der Waals surface area contributed by atoms with Crippen molar-refractivity contribution in [1.82, 2.24) is 9.13 Å². The number of aliphatic hydroxyl groups is 1. The Kier molecular flexibility index (Phi) is 5.41. The largest absolute Gasteiger partial charge is 0.462 e. The van der Waals surface area contributed by atoms with Gasteiger partial charge in [0.15, 0.2) is 0 Å². The van der Waals surface area contributed by atoms with Crippen molar-refractivity contribution in [2.24, 2.45) is 0 Å². The van der Waals surface area contributed by atoms with Crippen LogP contribution in [0.4, 0.5) is 4.39 Å². The maximum Gasteiger partial charge on any atom is 0.338 e. The fourth-order valence-electron chi connectivity index (χ4n) is 3.16. The lowest BCUT2D eigenvalue weighted by molar-refractivity contribution is 0.0526. The zero-order chi connectivity index (χ0) is 19.6. The third-order valence-corrected chi connectivity index (χ3v) is 4.47. The molecule has 3 rings (SSSR count). The van der Waals surface area contributed by atoms with Crippen LogP contribution in [-0.2, 0) is 17.8 Å². The molecule has 0 radical (unpaired) electrons. The number of ether oxygens (including phenoxy) is 1. The van der Waals surface area contributed by atoms with E-state index in [1.54, 1.807) is 35.8 Å². The quantitative estimate of drug-likeness (QED) is 0.676. The highest BCUT2D eigenvalue weighted by Gasteiger charge is 2.19. The molecule has 3 aromatic rings. The molecule has 2 aromatic carbocycles. The monoisotopic (exact) mass is 372 g/mol. The van der Waals surface area contributed by atoms with Crippen LogP contribution in [0.5, 0.6) is 0 Å². The van der Waals surface area contributed by atoms with Crippen LogP contribution in [0.3, 0.4) is 0 Å².